The first-order valence-electron chi connectivity index (χ1n) is 10.8. The largest absolute Gasteiger partial charge is 0.376 e. The van der Waals surface area contributed by atoms with E-state index in [0.717, 1.165) is 18.4 Å². The molecule has 0 aliphatic carbocycles. The maximum absolute atomic E-state index is 13.3. The van der Waals surface area contributed by atoms with Crippen molar-refractivity contribution in [3.8, 4) is 6.07 Å². The molecule has 1 saturated heterocycles. The van der Waals surface area contributed by atoms with Gasteiger partial charge < -0.3 is 9.30 Å². The predicted octanol–water partition coefficient (Wildman–Crippen LogP) is 2.75. The van der Waals surface area contributed by atoms with Crippen LogP contribution in [0.5, 0.6) is 0 Å². The molecule has 1 amide bonds. The minimum atomic E-state index is -0.471. The van der Waals surface area contributed by atoms with Gasteiger partial charge in [0.05, 0.1) is 23.6 Å². The second-order valence-corrected chi connectivity index (χ2v) is 8.06. The first-order chi connectivity index (χ1) is 16.1. The van der Waals surface area contributed by atoms with Gasteiger partial charge in [0.25, 0.3) is 11.5 Å². The van der Waals surface area contributed by atoms with Crippen molar-refractivity contribution in [1.29, 1.82) is 5.26 Å². The summed E-state index contributed by atoms with van der Waals surface area (Å²) in [5, 5.41) is 10.2. The first kappa shape index (κ1) is 20.8. The van der Waals surface area contributed by atoms with Crippen molar-refractivity contribution in [2.45, 2.75) is 32.4 Å². The number of pyridine rings is 2. The molecule has 0 radical (unpaired) electrons. The molecule has 3 aromatic heterocycles. The van der Waals surface area contributed by atoms with E-state index < -0.39 is 5.91 Å². The van der Waals surface area contributed by atoms with E-state index in [4.69, 9.17) is 9.72 Å². The van der Waals surface area contributed by atoms with Crippen molar-refractivity contribution in [3.05, 3.63) is 87.3 Å². The number of carbonyl (C=O) groups excluding carboxylic acids is 1. The van der Waals surface area contributed by atoms with E-state index in [2.05, 4.69) is 11.1 Å². The molecule has 0 bridgehead atoms. The number of nitriles is 1. The number of ether oxygens (including phenoxy) is 1. The summed E-state index contributed by atoms with van der Waals surface area (Å²) < 4.78 is 8.99. The van der Waals surface area contributed by atoms with Crippen molar-refractivity contribution in [1.82, 2.24) is 14.0 Å². The van der Waals surface area contributed by atoms with E-state index in [1.165, 1.54) is 10.5 Å². The Morgan fingerprint density at radius 1 is 1.24 bits per heavy atom. The molecule has 4 aromatic rings. The molecule has 0 N–H and O–H groups in total. The van der Waals surface area contributed by atoms with Crippen molar-refractivity contribution in [2.24, 2.45) is 4.99 Å². The van der Waals surface area contributed by atoms with Crippen LogP contribution in [-0.2, 0) is 11.3 Å². The number of aryl methyl sites for hydroxylation is 1. The Morgan fingerprint density at radius 2 is 2.06 bits per heavy atom. The highest BCUT2D eigenvalue weighted by Gasteiger charge is 2.21. The fraction of sp³-hybridized carbons (Fsp3) is 0.240. The Morgan fingerprint density at radius 3 is 2.79 bits per heavy atom. The van der Waals surface area contributed by atoms with E-state index in [0.29, 0.717) is 35.4 Å². The Kier molecular flexibility index (Phi) is 5.32. The summed E-state index contributed by atoms with van der Waals surface area (Å²) in [7, 11) is 0. The van der Waals surface area contributed by atoms with Gasteiger partial charge in [-0.15, -0.1) is 0 Å². The average molecular weight is 439 g/mol. The van der Waals surface area contributed by atoms with Gasteiger partial charge in [-0.2, -0.15) is 10.3 Å². The van der Waals surface area contributed by atoms with Gasteiger partial charge in [0, 0.05) is 18.4 Å². The maximum Gasteiger partial charge on any atom is 0.278 e. The van der Waals surface area contributed by atoms with Gasteiger partial charge in [-0.05, 0) is 49.6 Å². The monoisotopic (exact) mass is 439 g/mol. The van der Waals surface area contributed by atoms with Crippen LogP contribution in [0.1, 0.15) is 34.3 Å². The standard InChI is InChI=1S/C25H21N5O3/c1-16-7-5-11-29-21(16)27-23-20(25(29)32)13-18(14-26)22(30(23)15-19-10-6-12-33-19)28-24(31)17-8-3-2-4-9-17/h2-5,7-9,11,13,19H,6,10,12,15H2,1H3. The summed E-state index contributed by atoms with van der Waals surface area (Å²) in [6.45, 7) is 2.86. The number of hydrogen-bond donors (Lipinski definition) is 0. The Labute approximate surface area is 189 Å². The van der Waals surface area contributed by atoms with Gasteiger partial charge in [0.1, 0.15) is 17.4 Å². The molecule has 1 fully saturated rings. The zero-order valence-electron chi connectivity index (χ0n) is 18.1. The number of hydrogen-bond acceptors (Lipinski definition) is 5. The minimum Gasteiger partial charge on any atom is -0.376 e. The van der Waals surface area contributed by atoms with E-state index in [1.807, 2.05) is 19.1 Å². The number of aromatic nitrogens is 3. The van der Waals surface area contributed by atoms with Crippen LogP contribution >= 0.6 is 0 Å². The highest BCUT2D eigenvalue weighted by molar-refractivity contribution is 5.95. The van der Waals surface area contributed by atoms with Gasteiger partial charge in [0.2, 0.25) is 0 Å². The van der Waals surface area contributed by atoms with Crippen LogP contribution in [0.25, 0.3) is 16.7 Å². The molecule has 0 saturated carbocycles. The molecule has 1 aliphatic heterocycles. The average Bonchev–Trinajstić information content (AvgIpc) is 3.35. The van der Waals surface area contributed by atoms with Crippen LogP contribution in [0.15, 0.2) is 64.5 Å². The molecule has 5 rings (SSSR count). The van der Waals surface area contributed by atoms with Crippen molar-refractivity contribution in [3.63, 3.8) is 0 Å². The third kappa shape index (κ3) is 3.73. The molecule has 8 heteroatoms. The molecule has 1 aromatic carbocycles. The lowest BCUT2D eigenvalue weighted by Gasteiger charge is -2.17. The Balaban J connectivity index is 1.86. The fourth-order valence-corrected chi connectivity index (χ4v) is 4.20. The summed E-state index contributed by atoms with van der Waals surface area (Å²) in [6, 6.07) is 15.9. The van der Waals surface area contributed by atoms with Crippen LogP contribution in [0.4, 0.5) is 0 Å². The Bertz CT molecular complexity index is 1560. The van der Waals surface area contributed by atoms with Crippen LogP contribution in [0, 0.1) is 18.3 Å². The summed E-state index contributed by atoms with van der Waals surface area (Å²) in [5.74, 6) is -0.471. The quantitative estimate of drug-likeness (QED) is 0.457. The summed E-state index contributed by atoms with van der Waals surface area (Å²) in [4.78, 5) is 35.4. The van der Waals surface area contributed by atoms with Crippen molar-refractivity contribution >= 4 is 22.6 Å². The van der Waals surface area contributed by atoms with Crippen LogP contribution in [0.2, 0.25) is 0 Å². The minimum absolute atomic E-state index is 0.120. The Hall–Kier alpha value is -4.09. The molecular weight excluding hydrogens is 418 g/mol. The topological polar surface area (TPSA) is 102 Å². The lowest BCUT2D eigenvalue weighted by Crippen LogP contribution is -2.33. The number of carbonyl (C=O) groups is 1. The number of rotatable bonds is 3. The van der Waals surface area contributed by atoms with E-state index in [1.54, 1.807) is 41.1 Å². The van der Waals surface area contributed by atoms with E-state index >= 15 is 0 Å². The third-order valence-electron chi connectivity index (χ3n) is 5.86. The molecule has 1 aliphatic rings. The smallest absolute Gasteiger partial charge is 0.278 e. The fourth-order valence-electron chi connectivity index (χ4n) is 4.20. The molecule has 1 atom stereocenters. The van der Waals surface area contributed by atoms with Crippen molar-refractivity contribution in [2.75, 3.05) is 6.61 Å². The van der Waals surface area contributed by atoms with Gasteiger partial charge in [-0.3, -0.25) is 14.0 Å². The molecular formula is C25H21N5O3. The highest BCUT2D eigenvalue weighted by atomic mass is 16.5. The molecule has 33 heavy (non-hydrogen) atoms. The van der Waals surface area contributed by atoms with Gasteiger partial charge >= 0.3 is 0 Å². The summed E-state index contributed by atoms with van der Waals surface area (Å²) >= 11 is 0. The summed E-state index contributed by atoms with van der Waals surface area (Å²) in [6.07, 6.45) is 3.30. The van der Waals surface area contributed by atoms with E-state index in [9.17, 15) is 14.9 Å². The van der Waals surface area contributed by atoms with Crippen LogP contribution in [-0.4, -0.2) is 32.6 Å². The molecule has 4 heterocycles. The van der Waals surface area contributed by atoms with Crippen LogP contribution < -0.4 is 11.0 Å². The normalized spacial score (nSPS) is 16.4. The molecule has 8 nitrogen and oxygen atoms in total. The predicted molar refractivity (Wildman–Crippen MR) is 122 cm³/mol. The van der Waals surface area contributed by atoms with Gasteiger partial charge in [-0.25, -0.2) is 4.98 Å². The van der Waals surface area contributed by atoms with Crippen LogP contribution in [0.3, 0.4) is 0 Å². The molecule has 0 spiro atoms. The SMILES string of the molecule is Cc1cccn2c(=O)c3cc(C#N)c(=NC(=O)c4ccccc4)n(CC4CCCO4)c3nc12. The number of nitrogens with zero attached hydrogens (tertiary/aromatic N) is 5. The van der Waals surface area contributed by atoms with E-state index in [-0.39, 0.29) is 22.7 Å². The number of fused-ring (bicyclic) bond motifs is 2. The van der Waals surface area contributed by atoms with Gasteiger partial charge in [-0.1, -0.05) is 24.3 Å². The number of amides is 1. The lowest BCUT2D eigenvalue weighted by atomic mass is 10.2. The zero-order chi connectivity index (χ0) is 22.9. The first-order valence-corrected chi connectivity index (χ1v) is 10.8. The lowest BCUT2D eigenvalue weighted by molar-refractivity contribution is 0.0952. The number of benzene rings is 1. The second-order valence-electron chi connectivity index (χ2n) is 8.06. The second kappa shape index (κ2) is 8.45. The van der Waals surface area contributed by atoms with Gasteiger partial charge in [0.15, 0.2) is 5.49 Å². The summed E-state index contributed by atoms with van der Waals surface area (Å²) in [5.41, 5.74) is 2.17. The zero-order valence-corrected chi connectivity index (χ0v) is 18.1. The highest BCUT2D eigenvalue weighted by Crippen LogP contribution is 2.17. The molecule has 1 unspecified atom stereocenters. The molecule has 164 valence electrons. The maximum atomic E-state index is 13.3. The van der Waals surface area contributed by atoms with Crippen molar-refractivity contribution < 1.29 is 9.53 Å². The third-order valence-corrected chi connectivity index (χ3v) is 5.86.